The molecule has 1 heterocycles. The predicted molar refractivity (Wildman–Crippen MR) is 315 cm³/mol. The quantitative estimate of drug-likeness (QED) is 0.142. The maximum atomic E-state index is 2.52. The van der Waals surface area contributed by atoms with E-state index in [4.69, 9.17) is 0 Å². The molecule has 1 atom stereocenters. The summed E-state index contributed by atoms with van der Waals surface area (Å²) >= 11 is 0. The van der Waals surface area contributed by atoms with Crippen LogP contribution in [0.1, 0.15) is 44.5 Å². The van der Waals surface area contributed by atoms with Gasteiger partial charge >= 0.3 is 0 Å². The summed E-state index contributed by atoms with van der Waals surface area (Å²) in [5, 5.41) is 0. The first kappa shape index (κ1) is 43.8. The van der Waals surface area contributed by atoms with E-state index in [0.717, 1.165) is 28.3 Å². The molecule has 1 unspecified atom stereocenters. The van der Waals surface area contributed by atoms with Crippen molar-refractivity contribution < 1.29 is 0 Å². The number of fused-ring (bicyclic) bond motifs is 8. The summed E-state index contributed by atoms with van der Waals surface area (Å²) in [7, 11) is 0. The van der Waals surface area contributed by atoms with Crippen molar-refractivity contribution in [1.29, 1.82) is 0 Å². The van der Waals surface area contributed by atoms with E-state index in [-0.39, 0.29) is 0 Å². The molecule has 12 aromatic rings. The molecule has 0 radical (unpaired) electrons. The largest absolute Gasteiger partial charge is 0.310 e. The van der Waals surface area contributed by atoms with Crippen LogP contribution < -0.4 is 9.80 Å². The molecule has 2 nitrogen and oxygen atoms in total. The van der Waals surface area contributed by atoms with Gasteiger partial charge in [0.15, 0.2) is 0 Å². The predicted octanol–water partition coefficient (Wildman–Crippen LogP) is 19.0. The molecule has 2 aliphatic carbocycles. The van der Waals surface area contributed by atoms with Gasteiger partial charge in [-0.1, -0.05) is 231 Å². The Bertz CT molecular complexity index is 4100. The average molecular weight is 967 g/mol. The van der Waals surface area contributed by atoms with Gasteiger partial charge in [0.05, 0.1) is 22.2 Å². The Morgan fingerprint density at radius 2 is 0.763 bits per heavy atom. The highest BCUT2D eigenvalue weighted by molar-refractivity contribution is 6.04. The fourth-order valence-electron chi connectivity index (χ4n) is 13.5. The van der Waals surface area contributed by atoms with Crippen molar-refractivity contribution in [1.82, 2.24) is 0 Å². The standard InChI is InChI=1S/C74H50N2/c1-7-24-52(25-8-1)64-48-53(49-68-71(64)63-37-23-41-70-72(63)74(68,56-30-13-4-14-31-56)66-39-21-22-40-69(66)76(70)58-34-17-6-18-35-58)51-42-44-59(45-43-51)75(57-32-15-5-16-33-57)60-46-47-62-61-36-19-20-38-65(61)73(67(62)50-60,54-26-9-2-10-27-54)55-28-11-3-12-29-55/h1-50H. The highest BCUT2D eigenvalue weighted by Crippen LogP contribution is 2.66. The zero-order valence-corrected chi connectivity index (χ0v) is 41.8. The van der Waals surface area contributed by atoms with Crippen molar-refractivity contribution >= 4 is 34.1 Å². The van der Waals surface area contributed by atoms with Gasteiger partial charge in [0.2, 0.25) is 0 Å². The first-order chi connectivity index (χ1) is 37.7. The summed E-state index contributed by atoms with van der Waals surface area (Å²) in [5.74, 6) is 0. The molecule has 0 aromatic heterocycles. The van der Waals surface area contributed by atoms with Gasteiger partial charge in [0.1, 0.15) is 0 Å². The summed E-state index contributed by atoms with van der Waals surface area (Å²) in [5.41, 5.74) is 25.8. The van der Waals surface area contributed by atoms with Crippen molar-refractivity contribution in [3.63, 3.8) is 0 Å². The molecule has 76 heavy (non-hydrogen) atoms. The van der Waals surface area contributed by atoms with Crippen molar-refractivity contribution in [2.75, 3.05) is 9.80 Å². The molecule has 12 aromatic carbocycles. The molecular formula is C74H50N2. The number of hydrogen-bond acceptors (Lipinski definition) is 2. The van der Waals surface area contributed by atoms with Crippen molar-refractivity contribution in [3.05, 3.63) is 348 Å². The van der Waals surface area contributed by atoms with Gasteiger partial charge in [0.25, 0.3) is 0 Å². The number of benzene rings is 12. The molecule has 0 N–H and O–H groups in total. The lowest BCUT2D eigenvalue weighted by molar-refractivity contribution is 0.754. The number of nitrogens with zero attached hydrogens (tertiary/aromatic N) is 2. The van der Waals surface area contributed by atoms with E-state index in [0.29, 0.717) is 0 Å². The van der Waals surface area contributed by atoms with E-state index in [1.165, 1.54) is 94.8 Å². The molecule has 0 saturated heterocycles. The van der Waals surface area contributed by atoms with Gasteiger partial charge in [-0.3, -0.25) is 0 Å². The van der Waals surface area contributed by atoms with Gasteiger partial charge in [-0.2, -0.15) is 0 Å². The summed E-state index contributed by atoms with van der Waals surface area (Å²) in [6.07, 6.45) is 0. The van der Waals surface area contributed by atoms with E-state index in [2.05, 4.69) is 313 Å². The highest BCUT2D eigenvalue weighted by Gasteiger charge is 2.53. The van der Waals surface area contributed by atoms with Crippen LogP contribution in [0.5, 0.6) is 0 Å². The molecule has 3 aliphatic rings. The minimum atomic E-state index is -0.601. The Morgan fingerprint density at radius 3 is 1.43 bits per heavy atom. The van der Waals surface area contributed by atoms with Gasteiger partial charge in [-0.25, -0.2) is 0 Å². The van der Waals surface area contributed by atoms with Crippen LogP contribution in [0, 0.1) is 0 Å². The number of para-hydroxylation sites is 3. The van der Waals surface area contributed by atoms with E-state index in [9.17, 15) is 0 Å². The van der Waals surface area contributed by atoms with Crippen LogP contribution in [0.3, 0.4) is 0 Å². The van der Waals surface area contributed by atoms with E-state index in [1.807, 2.05) is 0 Å². The Kier molecular flexibility index (Phi) is 10.0. The van der Waals surface area contributed by atoms with Gasteiger partial charge in [0, 0.05) is 28.3 Å². The maximum Gasteiger partial charge on any atom is 0.0754 e. The highest BCUT2D eigenvalue weighted by atomic mass is 15.2. The van der Waals surface area contributed by atoms with Crippen LogP contribution in [0.2, 0.25) is 0 Å². The van der Waals surface area contributed by atoms with Crippen molar-refractivity contribution in [2.45, 2.75) is 10.8 Å². The number of rotatable bonds is 9. The molecule has 0 bridgehead atoms. The number of anilines is 6. The molecule has 0 fully saturated rings. The lowest BCUT2D eigenvalue weighted by Gasteiger charge is -2.44. The van der Waals surface area contributed by atoms with Gasteiger partial charge in [-0.05, 0) is 156 Å². The first-order valence-electron chi connectivity index (χ1n) is 26.4. The summed E-state index contributed by atoms with van der Waals surface area (Å²) < 4.78 is 0. The molecule has 0 spiro atoms. The Labute approximate surface area is 444 Å². The Morgan fingerprint density at radius 1 is 0.263 bits per heavy atom. The zero-order chi connectivity index (χ0) is 50.2. The van der Waals surface area contributed by atoms with Crippen LogP contribution >= 0.6 is 0 Å². The van der Waals surface area contributed by atoms with Crippen LogP contribution in [0.4, 0.5) is 34.1 Å². The van der Waals surface area contributed by atoms with Crippen LogP contribution in [-0.4, -0.2) is 0 Å². The second-order valence-electron chi connectivity index (χ2n) is 20.3. The average Bonchev–Trinajstić information content (AvgIpc) is 4.20. The topological polar surface area (TPSA) is 6.48 Å². The second-order valence-corrected chi connectivity index (χ2v) is 20.3. The van der Waals surface area contributed by atoms with Crippen molar-refractivity contribution in [3.8, 4) is 44.5 Å². The molecule has 0 amide bonds. The van der Waals surface area contributed by atoms with Gasteiger partial charge in [-0.15, -0.1) is 0 Å². The summed E-state index contributed by atoms with van der Waals surface area (Å²) in [6.45, 7) is 0. The molecule has 0 saturated carbocycles. The monoisotopic (exact) mass is 966 g/mol. The fourth-order valence-corrected chi connectivity index (χ4v) is 13.5. The van der Waals surface area contributed by atoms with E-state index >= 15 is 0 Å². The second kappa shape index (κ2) is 17.4. The molecule has 2 heteroatoms. The smallest absolute Gasteiger partial charge is 0.0754 e. The van der Waals surface area contributed by atoms with Crippen LogP contribution in [0.15, 0.2) is 303 Å². The van der Waals surface area contributed by atoms with Gasteiger partial charge < -0.3 is 9.80 Å². The minimum absolute atomic E-state index is 0.517. The third-order valence-electron chi connectivity index (χ3n) is 16.5. The van der Waals surface area contributed by atoms with Crippen LogP contribution in [0.25, 0.3) is 44.5 Å². The lowest BCUT2D eigenvalue weighted by atomic mass is 9.64. The lowest BCUT2D eigenvalue weighted by Crippen LogP contribution is -2.35. The molecule has 15 rings (SSSR count). The Balaban J connectivity index is 0.930. The molecule has 356 valence electrons. The fraction of sp³-hybridized carbons (Fsp3) is 0.0270. The summed E-state index contributed by atoms with van der Waals surface area (Å²) in [6, 6.07) is 112. The van der Waals surface area contributed by atoms with E-state index in [1.54, 1.807) is 0 Å². The summed E-state index contributed by atoms with van der Waals surface area (Å²) in [4.78, 5) is 4.90. The zero-order valence-electron chi connectivity index (χ0n) is 41.8. The molecular weight excluding hydrogens is 917 g/mol. The third-order valence-corrected chi connectivity index (χ3v) is 16.5. The third kappa shape index (κ3) is 6.34. The maximum absolute atomic E-state index is 2.52. The minimum Gasteiger partial charge on any atom is -0.310 e. The normalized spacial score (nSPS) is 15.0. The Hall–Kier alpha value is -9.76. The van der Waals surface area contributed by atoms with E-state index < -0.39 is 10.8 Å². The SMILES string of the molecule is c1ccc(-c2cc(-c3ccc(N(c4ccccc4)c4ccc5c(c4)C(c4ccccc4)(c4ccccc4)c4ccccc4-5)cc3)cc3c2-c2cccc4c2C3(c2ccccc2)c2ccccc2N4c2ccccc2)cc1. The number of hydrogen-bond donors (Lipinski definition) is 0. The van der Waals surface area contributed by atoms with Crippen molar-refractivity contribution in [2.24, 2.45) is 0 Å². The molecule has 1 aliphatic heterocycles. The van der Waals surface area contributed by atoms with Crippen LogP contribution in [-0.2, 0) is 10.8 Å². The first-order valence-corrected chi connectivity index (χ1v) is 26.4.